The minimum atomic E-state index is 0.0371. The molecule has 4 heteroatoms. The zero-order valence-electron chi connectivity index (χ0n) is 9.37. The van der Waals surface area contributed by atoms with Crippen LogP contribution in [0.1, 0.15) is 0 Å². The van der Waals surface area contributed by atoms with Crippen LogP contribution in [0.15, 0.2) is 45.8 Å². The molecule has 2 aromatic rings. The molecule has 0 spiro atoms. The van der Waals surface area contributed by atoms with Crippen LogP contribution in [-0.2, 0) is 4.79 Å². The third-order valence-corrected chi connectivity index (χ3v) is 4.64. The summed E-state index contributed by atoms with van der Waals surface area (Å²) in [6.07, 6.45) is 0. The predicted molar refractivity (Wildman–Crippen MR) is 76.4 cm³/mol. The molecule has 2 aromatic carbocycles. The summed E-state index contributed by atoms with van der Waals surface area (Å²) in [5.41, 5.74) is 0. The number of thioether (sulfide) groups is 1. The number of carbonyl (C=O) groups is 1. The van der Waals surface area contributed by atoms with Crippen molar-refractivity contribution in [1.29, 1.82) is 0 Å². The van der Waals surface area contributed by atoms with Crippen molar-refractivity contribution < 1.29 is 4.79 Å². The lowest BCUT2D eigenvalue weighted by Gasteiger charge is -2.07. The molecule has 0 aromatic heterocycles. The molecule has 0 unspecified atom stereocenters. The van der Waals surface area contributed by atoms with Gasteiger partial charge in [0, 0.05) is 16.4 Å². The summed E-state index contributed by atoms with van der Waals surface area (Å²) in [5.74, 6) is 0.475. The van der Waals surface area contributed by atoms with Gasteiger partial charge in [-0.15, -0.1) is 11.8 Å². The van der Waals surface area contributed by atoms with E-state index in [9.17, 15) is 4.79 Å². The third kappa shape index (κ3) is 2.82. The number of amides is 1. The van der Waals surface area contributed by atoms with Crippen LogP contribution in [0, 0.1) is 0 Å². The summed E-state index contributed by atoms with van der Waals surface area (Å²) in [7, 11) is 1.65. The highest BCUT2D eigenvalue weighted by Gasteiger charge is 2.07. The fraction of sp³-hybridized carbons (Fsp3) is 0.154. The number of benzene rings is 2. The summed E-state index contributed by atoms with van der Waals surface area (Å²) >= 11 is 5.14. The molecular formula is C13H12BrNOS. The van der Waals surface area contributed by atoms with Crippen molar-refractivity contribution in [2.45, 2.75) is 4.90 Å². The second kappa shape index (κ2) is 5.56. The molecule has 0 aliphatic heterocycles. The van der Waals surface area contributed by atoms with Crippen molar-refractivity contribution >= 4 is 44.4 Å². The van der Waals surface area contributed by atoms with Gasteiger partial charge < -0.3 is 5.32 Å². The van der Waals surface area contributed by atoms with Crippen LogP contribution in [-0.4, -0.2) is 18.7 Å². The molecule has 0 aliphatic rings. The van der Waals surface area contributed by atoms with Crippen LogP contribution in [0.2, 0.25) is 0 Å². The molecule has 1 amide bonds. The molecule has 1 N–H and O–H groups in total. The van der Waals surface area contributed by atoms with Gasteiger partial charge in [-0.05, 0) is 32.8 Å². The average molecular weight is 310 g/mol. The van der Waals surface area contributed by atoms with Crippen LogP contribution in [0.4, 0.5) is 0 Å². The smallest absolute Gasteiger partial charge is 0.230 e. The normalized spacial score (nSPS) is 10.5. The first-order valence-corrected chi connectivity index (χ1v) is 7.01. The Kier molecular flexibility index (Phi) is 4.07. The molecule has 0 heterocycles. The van der Waals surface area contributed by atoms with E-state index in [4.69, 9.17) is 0 Å². The minimum Gasteiger partial charge on any atom is -0.358 e. The van der Waals surface area contributed by atoms with E-state index in [0.29, 0.717) is 5.75 Å². The van der Waals surface area contributed by atoms with Crippen molar-refractivity contribution in [1.82, 2.24) is 5.32 Å². The Morgan fingerprint density at radius 3 is 2.82 bits per heavy atom. The molecule has 0 atom stereocenters. The lowest BCUT2D eigenvalue weighted by Crippen LogP contribution is -2.19. The molecule has 0 radical (unpaired) electrons. The van der Waals surface area contributed by atoms with E-state index < -0.39 is 0 Å². The SMILES string of the molecule is CNC(=O)CSc1ccc2ccccc2c1Br. The van der Waals surface area contributed by atoms with Crippen LogP contribution < -0.4 is 5.32 Å². The van der Waals surface area contributed by atoms with Crippen LogP contribution in [0.25, 0.3) is 10.8 Å². The number of fused-ring (bicyclic) bond motifs is 1. The Morgan fingerprint density at radius 1 is 1.29 bits per heavy atom. The van der Waals surface area contributed by atoms with E-state index >= 15 is 0 Å². The molecule has 2 nitrogen and oxygen atoms in total. The van der Waals surface area contributed by atoms with Crippen molar-refractivity contribution in [2.24, 2.45) is 0 Å². The van der Waals surface area contributed by atoms with Gasteiger partial charge in [0.25, 0.3) is 0 Å². The molecule has 0 bridgehead atoms. The highest BCUT2D eigenvalue weighted by atomic mass is 79.9. The fourth-order valence-electron chi connectivity index (χ4n) is 1.54. The maximum Gasteiger partial charge on any atom is 0.230 e. The van der Waals surface area contributed by atoms with Gasteiger partial charge >= 0.3 is 0 Å². The first-order chi connectivity index (χ1) is 8.22. The zero-order chi connectivity index (χ0) is 12.3. The number of halogens is 1. The number of carbonyl (C=O) groups excluding carboxylic acids is 1. The monoisotopic (exact) mass is 309 g/mol. The zero-order valence-corrected chi connectivity index (χ0v) is 11.8. The second-order valence-corrected chi connectivity index (χ2v) is 5.37. The summed E-state index contributed by atoms with van der Waals surface area (Å²) < 4.78 is 1.06. The van der Waals surface area contributed by atoms with Gasteiger partial charge in [0.2, 0.25) is 5.91 Å². The van der Waals surface area contributed by atoms with Gasteiger partial charge in [-0.25, -0.2) is 0 Å². The van der Waals surface area contributed by atoms with Gasteiger partial charge in [-0.1, -0.05) is 30.3 Å². The number of hydrogen-bond donors (Lipinski definition) is 1. The van der Waals surface area contributed by atoms with Crippen molar-refractivity contribution in [3.8, 4) is 0 Å². The Labute approximate surface area is 113 Å². The van der Waals surface area contributed by atoms with Gasteiger partial charge in [0.15, 0.2) is 0 Å². The van der Waals surface area contributed by atoms with Crippen LogP contribution in [0.3, 0.4) is 0 Å². The van der Waals surface area contributed by atoms with E-state index in [1.807, 2.05) is 18.2 Å². The Hall–Kier alpha value is -1.00. The molecule has 2 rings (SSSR count). The predicted octanol–water partition coefficient (Wildman–Crippen LogP) is 3.44. The standard InChI is InChI=1S/C13H12BrNOS/c1-15-12(16)8-17-11-7-6-9-4-2-3-5-10(9)13(11)14/h2-7H,8H2,1H3,(H,15,16). The van der Waals surface area contributed by atoms with Gasteiger partial charge in [0.05, 0.1) is 5.75 Å². The maximum absolute atomic E-state index is 11.2. The topological polar surface area (TPSA) is 29.1 Å². The van der Waals surface area contributed by atoms with Gasteiger partial charge in [-0.3, -0.25) is 4.79 Å². The largest absolute Gasteiger partial charge is 0.358 e. The fourth-order valence-corrected chi connectivity index (χ4v) is 3.21. The van der Waals surface area contributed by atoms with E-state index in [1.54, 1.807) is 7.05 Å². The third-order valence-electron chi connectivity index (χ3n) is 2.47. The lowest BCUT2D eigenvalue weighted by atomic mass is 10.1. The van der Waals surface area contributed by atoms with Crippen molar-refractivity contribution in [2.75, 3.05) is 12.8 Å². The summed E-state index contributed by atoms with van der Waals surface area (Å²) in [4.78, 5) is 12.3. The second-order valence-electron chi connectivity index (χ2n) is 3.56. The number of hydrogen-bond acceptors (Lipinski definition) is 2. The molecule has 0 saturated carbocycles. The quantitative estimate of drug-likeness (QED) is 0.880. The minimum absolute atomic E-state index is 0.0371. The highest BCUT2D eigenvalue weighted by Crippen LogP contribution is 2.33. The maximum atomic E-state index is 11.2. The van der Waals surface area contributed by atoms with Crippen LogP contribution in [0.5, 0.6) is 0 Å². The van der Waals surface area contributed by atoms with E-state index in [-0.39, 0.29) is 5.91 Å². The number of rotatable bonds is 3. The highest BCUT2D eigenvalue weighted by molar-refractivity contribution is 9.10. The summed E-state index contributed by atoms with van der Waals surface area (Å²) in [6, 6.07) is 12.3. The molecule has 0 fully saturated rings. The Morgan fingerprint density at radius 2 is 2.06 bits per heavy atom. The summed E-state index contributed by atoms with van der Waals surface area (Å²) in [5, 5.41) is 4.99. The van der Waals surface area contributed by atoms with E-state index in [0.717, 1.165) is 9.37 Å². The number of nitrogens with one attached hydrogen (secondary N) is 1. The molecule has 88 valence electrons. The van der Waals surface area contributed by atoms with E-state index in [2.05, 4.69) is 39.4 Å². The van der Waals surface area contributed by atoms with Gasteiger partial charge in [-0.2, -0.15) is 0 Å². The first-order valence-electron chi connectivity index (χ1n) is 5.23. The van der Waals surface area contributed by atoms with Crippen LogP contribution >= 0.6 is 27.7 Å². The Bertz CT molecular complexity index is 556. The molecule has 17 heavy (non-hydrogen) atoms. The molecule has 0 saturated heterocycles. The molecule has 0 aliphatic carbocycles. The van der Waals surface area contributed by atoms with Gasteiger partial charge in [0.1, 0.15) is 0 Å². The summed E-state index contributed by atoms with van der Waals surface area (Å²) in [6.45, 7) is 0. The Balaban J connectivity index is 2.29. The van der Waals surface area contributed by atoms with Crippen molar-refractivity contribution in [3.63, 3.8) is 0 Å². The first kappa shape index (κ1) is 12.5. The van der Waals surface area contributed by atoms with Crippen molar-refractivity contribution in [3.05, 3.63) is 40.9 Å². The lowest BCUT2D eigenvalue weighted by molar-refractivity contribution is -0.118. The van der Waals surface area contributed by atoms with E-state index in [1.165, 1.54) is 22.5 Å². The average Bonchev–Trinajstić information content (AvgIpc) is 2.38. The molecular weight excluding hydrogens is 298 g/mol.